The van der Waals surface area contributed by atoms with E-state index in [0.717, 1.165) is 12.8 Å². The van der Waals surface area contributed by atoms with Gasteiger partial charge in [0, 0.05) is 17.7 Å². The van der Waals surface area contributed by atoms with E-state index >= 15 is 0 Å². The number of carbonyl (C=O) groups is 1. The maximum atomic E-state index is 12.9. The Kier molecular flexibility index (Phi) is 9.31. The molecule has 1 atom stereocenters. The van der Waals surface area contributed by atoms with Gasteiger partial charge in [-0.25, -0.2) is 9.78 Å². The number of esters is 1. The number of anilines is 1. The van der Waals surface area contributed by atoms with Crippen molar-refractivity contribution in [2.75, 3.05) is 12.3 Å². The molecule has 0 saturated heterocycles. The largest absolute Gasteiger partial charge is 0.870 e. The van der Waals surface area contributed by atoms with E-state index in [9.17, 15) is 13.6 Å². The van der Waals surface area contributed by atoms with Crippen molar-refractivity contribution in [2.45, 2.75) is 32.0 Å². The second kappa shape index (κ2) is 12.2. The molecular formula is C25H24Cl2F2N2O5. The third kappa shape index (κ3) is 7.19. The first-order valence-corrected chi connectivity index (χ1v) is 11.7. The first-order valence-electron chi connectivity index (χ1n) is 10.9. The number of H-pyrrole nitrogens is 1. The minimum atomic E-state index is -3.01. The minimum absolute atomic E-state index is 0. The lowest BCUT2D eigenvalue weighted by Gasteiger charge is -2.21. The third-order valence-electron chi connectivity index (χ3n) is 5.51. The van der Waals surface area contributed by atoms with Gasteiger partial charge in [0.05, 0.1) is 12.2 Å². The predicted molar refractivity (Wildman–Crippen MR) is 129 cm³/mol. The van der Waals surface area contributed by atoms with E-state index < -0.39 is 18.7 Å². The number of hydrogen-bond donors (Lipinski definition) is 1. The Hall–Kier alpha value is -3.14. The highest BCUT2D eigenvalue weighted by Gasteiger charge is 2.26. The number of pyridine rings is 1. The summed E-state index contributed by atoms with van der Waals surface area (Å²) in [5, 5.41) is 0.711. The quantitative estimate of drug-likeness (QED) is 0.259. The minimum Gasteiger partial charge on any atom is -0.870 e. The van der Waals surface area contributed by atoms with Crippen molar-refractivity contribution in [3.05, 3.63) is 81.6 Å². The molecule has 0 aliphatic heterocycles. The average Bonchev–Trinajstić information content (AvgIpc) is 3.65. The van der Waals surface area contributed by atoms with Gasteiger partial charge in [0.15, 0.2) is 23.9 Å². The molecule has 0 radical (unpaired) electrons. The van der Waals surface area contributed by atoms with Crippen molar-refractivity contribution in [1.82, 2.24) is 0 Å². The van der Waals surface area contributed by atoms with Crippen LogP contribution in [0.15, 0.2) is 54.9 Å². The molecule has 192 valence electrons. The van der Waals surface area contributed by atoms with Crippen molar-refractivity contribution in [2.24, 2.45) is 5.92 Å². The topological polar surface area (TPSA) is 115 Å². The van der Waals surface area contributed by atoms with Crippen LogP contribution >= 0.6 is 23.2 Å². The second-order valence-electron chi connectivity index (χ2n) is 8.19. The molecule has 1 aliphatic carbocycles. The lowest BCUT2D eigenvalue weighted by atomic mass is 10.0. The fourth-order valence-electron chi connectivity index (χ4n) is 3.42. The summed E-state index contributed by atoms with van der Waals surface area (Å²) in [6, 6.07) is 10.7. The van der Waals surface area contributed by atoms with E-state index in [-0.39, 0.29) is 23.4 Å². The van der Waals surface area contributed by atoms with E-state index in [1.54, 1.807) is 42.7 Å². The maximum absolute atomic E-state index is 12.9. The fraction of sp³-hybridized carbons (Fsp3) is 0.280. The van der Waals surface area contributed by atoms with E-state index in [2.05, 4.69) is 9.72 Å². The average molecular weight is 541 g/mol. The summed E-state index contributed by atoms with van der Waals surface area (Å²) >= 11 is 12.7. The molecule has 36 heavy (non-hydrogen) atoms. The van der Waals surface area contributed by atoms with Gasteiger partial charge in [-0.1, -0.05) is 29.3 Å². The van der Waals surface area contributed by atoms with Gasteiger partial charge in [0.2, 0.25) is 0 Å². The van der Waals surface area contributed by atoms with Gasteiger partial charge in [-0.2, -0.15) is 8.78 Å². The Balaban J connectivity index is 0.00000361. The highest BCUT2D eigenvalue weighted by molar-refractivity contribution is 6.35. The van der Waals surface area contributed by atoms with Gasteiger partial charge in [-0.05, 0) is 60.7 Å². The Labute approximate surface area is 216 Å². The van der Waals surface area contributed by atoms with Crippen LogP contribution in [0.3, 0.4) is 0 Å². The fourth-order valence-corrected chi connectivity index (χ4v) is 3.96. The molecule has 4 rings (SSSR count). The van der Waals surface area contributed by atoms with Crippen molar-refractivity contribution >= 4 is 34.9 Å². The normalized spacial score (nSPS) is 13.6. The summed E-state index contributed by atoms with van der Waals surface area (Å²) in [4.78, 5) is 15.8. The molecule has 0 bridgehead atoms. The summed E-state index contributed by atoms with van der Waals surface area (Å²) in [6.45, 7) is -2.63. The van der Waals surface area contributed by atoms with Crippen molar-refractivity contribution in [1.29, 1.82) is 0 Å². The van der Waals surface area contributed by atoms with Gasteiger partial charge in [0.1, 0.15) is 16.1 Å². The van der Waals surface area contributed by atoms with Crippen LogP contribution in [0.25, 0.3) is 0 Å². The highest BCUT2D eigenvalue weighted by atomic mass is 35.5. The number of nitrogen functional groups attached to an aromatic ring is 1. The molecule has 1 fully saturated rings. The van der Waals surface area contributed by atoms with Gasteiger partial charge in [-0.3, -0.25) is 0 Å². The molecule has 1 heterocycles. The molecular weight excluding hydrogens is 517 g/mol. The highest BCUT2D eigenvalue weighted by Crippen LogP contribution is 2.38. The van der Waals surface area contributed by atoms with Crippen molar-refractivity contribution < 1.29 is 38.2 Å². The molecule has 3 aromatic rings. The van der Waals surface area contributed by atoms with Gasteiger partial charge < -0.3 is 25.4 Å². The number of aromatic amines is 1. The van der Waals surface area contributed by atoms with E-state index in [0.29, 0.717) is 44.9 Å². The van der Waals surface area contributed by atoms with Gasteiger partial charge in [0.25, 0.3) is 0 Å². The SMILES string of the molecule is Nc1ccc(C(=O)O[C@@H](Cc2c(Cl)c[nH+]cc2Cl)c2ccc(OC(F)F)c(OCC3CC3)c2)cc1.[OH-]. The van der Waals surface area contributed by atoms with Gasteiger partial charge >= 0.3 is 12.6 Å². The number of benzene rings is 2. The number of aromatic nitrogens is 1. The smallest absolute Gasteiger partial charge is 0.387 e. The molecule has 1 saturated carbocycles. The standard InChI is InChI=1S/C25H22Cl2F2N2O4.H2O/c26-19-11-31-12-20(27)18(19)10-22(34-24(32)15-3-6-17(30)7-4-15)16-5-8-21(35-25(28)29)23(9-16)33-13-14-1-2-14;/h3-9,11-12,14,22,25H,1-2,10,13,30H2;1H2/t22-;/m0./s1. The zero-order chi connectivity index (χ0) is 24.9. The molecule has 1 aliphatic rings. The number of rotatable bonds is 10. The monoisotopic (exact) mass is 540 g/mol. The van der Waals surface area contributed by atoms with Crippen LogP contribution in [-0.2, 0) is 11.2 Å². The Morgan fingerprint density at radius 2 is 1.72 bits per heavy atom. The van der Waals surface area contributed by atoms with Crippen LogP contribution in [0, 0.1) is 5.92 Å². The number of nitrogens with two attached hydrogens (primary N) is 1. The van der Waals surface area contributed by atoms with Crippen LogP contribution in [0.4, 0.5) is 14.5 Å². The Morgan fingerprint density at radius 3 is 2.33 bits per heavy atom. The van der Waals surface area contributed by atoms with Crippen LogP contribution in [0.1, 0.15) is 40.4 Å². The predicted octanol–water partition coefficient (Wildman–Crippen LogP) is 5.74. The summed E-state index contributed by atoms with van der Waals surface area (Å²) < 4.78 is 42.1. The molecule has 0 spiro atoms. The summed E-state index contributed by atoms with van der Waals surface area (Å²) in [5.41, 5.74) is 7.56. The lowest BCUT2D eigenvalue weighted by Crippen LogP contribution is -2.16. The summed E-state index contributed by atoms with van der Waals surface area (Å²) in [6.07, 6.45) is 4.44. The number of ether oxygens (including phenoxy) is 3. The molecule has 0 unspecified atom stereocenters. The van der Waals surface area contributed by atoms with Crippen LogP contribution in [0.5, 0.6) is 11.5 Å². The van der Waals surface area contributed by atoms with Crippen molar-refractivity contribution in [3.8, 4) is 11.5 Å². The molecule has 7 nitrogen and oxygen atoms in total. The van der Waals surface area contributed by atoms with E-state index in [1.807, 2.05) is 0 Å². The van der Waals surface area contributed by atoms with Crippen LogP contribution in [0.2, 0.25) is 10.0 Å². The number of alkyl halides is 2. The molecule has 4 N–H and O–H groups in total. The van der Waals surface area contributed by atoms with Crippen LogP contribution < -0.4 is 20.2 Å². The zero-order valence-corrected chi connectivity index (χ0v) is 20.4. The third-order valence-corrected chi connectivity index (χ3v) is 6.18. The zero-order valence-electron chi connectivity index (χ0n) is 18.9. The molecule has 0 amide bonds. The Morgan fingerprint density at radius 1 is 1.06 bits per heavy atom. The Bertz CT molecular complexity index is 1170. The van der Waals surface area contributed by atoms with Crippen LogP contribution in [-0.4, -0.2) is 24.7 Å². The molecule has 2 aromatic carbocycles. The molecule has 11 heteroatoms. The second-order valence-corrected chi connectivity index (χ2v) is 9.00. The number of hydrogen-bond acceptors (Lipinski definition) is 6. The number of nitrogens with one attached hydrogen (secondary N) is 1. The first-order chi connectivity index (χ1) is 16.8. The van der Waals surface area contributed by atoms with E-state index in [4.69, 9.17) is 38.4 Å². The molecule has 1 aromatic heterocycles. The maximum Gasteiger partial charge on any atom is 0.387 e. The van der Waals surface area contributed by atoms with Crippen molar-refractivity contribution in [3.63, 3.8) is 0 Å². The van der Waals surface area contributed by atoms with Gasteiger partial charge in [-0.15, -0.1) is 0 Å². The van der Waals surface area contributed by atoms with E-state index in [1.165, 1.54) is 12.1 Å². The summed E-state index contributed by atoms with van der Waals surface area (Å²) in [7, 11) is 0. The lowest BCUT2D eigenvalue weighted by molar-refractivity contribution is -0.377. The first kappa shape index (κ1) is 27.4. The number of carbonyl (C=O) groups excluding carboxylic acids is 1. The summed E-state index contributed by atoms with van der Waals surface area (Å²) in [5.74, 6) is -0.173. The number of halogens is 4.